The van der Waals surface area contributed by atoms with Crippen LogP contribution in [0.4, 0.5) is 4.79 Å². The minimum Gasteiger partial charge on any atom is -0.425 e. The fraction of sp³-hybridized carbons (Fsp3) is 0.786. The molecule has 1 aromatic heterocycles. The molecule has 1 saturated carbocycles. The van der Waals surface area contributed by atoms with E-state index in [4.69, 9.17) is 4.74 Å². The average Bonchev–Trinajstić information content (AvgIpc) is 3.31. The van der Waals surface area contributed by atoms with Crippen LogP contribution in [0.15, 0.2) is 0 Å². The van der Waals surface area contributed by atoms with Gasteiger partial charge in [0.25, 0.3) is 0 Å². The molecule has 2 atom stereocenters. The third-order valence-corrected chi connectivity index (χ3v) is 4.18. The summed E-state index contributed by atoms with van der Waals surface area (Å²) in [6.45, 7) is 1.24. The topological polar surface area (TPSA) is 122 Å². The molecule has 128 valence electrons. The van der Waals surface area contributed by atoms with Crippen LogP contribution < -0.4 is 10.6 Å². The van der Waals surface area contributed by atoms with Gasteiger partial charge < -0.3 is 25.7 Å². The number of amides is 2. The maximum absolute atomic E-state index is 11.8. The van der Waals surface area contributed by atoms with Gasteiger partial charge in [0.05, 0.1) is 18.8 Å². The first kappa shape index (κ1) is 16.0. The number of aryl methyl sites for hydroxylation is 1. The highest BCUT2D eigenvalue weighted by atomic mass is 16.5. The van der Waals surface area contributed by atoms with Crippen LogP contribution in [0, 0.1) is 0 Å². The summed E-state index contributed by atoms with van der Waals surface area (Å²) in [6, 6.07) is -0.578. The first-order valence-electron chi connectivity index (χ1n) is 8.08. The molecule has 23 heavy (non-hydrogen) atoms. The Labute approximate surface area is 134 Å². The predicted octanol–water partition coefficient (Wildman–Crippen LogP) is -0.226. The summed E-state index contributed by atoms with van der Waals surface area (Å²) in [5, 5.41) is 33.1. The van der Waals surface area contributed by atoms with E-state index in [-0.39, 0.29) is 18.7 Å². The van der Waals surface area contributed by atoms with Crippen LogP contribution in [0.1, 0.15) is 43.3 Å². The lowest BCUT2D eigenvalue weighted by Crippen LogP contribution is -2.51. The second-order valence-corrected chi connectivity index (χ2v) is 6.10. The highest BCUT2D eigenvalue weighted by Crippen LogP contribution is 2.38. The molecular weight excluding hydrogens is 302 g/mol. The van der Waals surface area contributed by atoms with Crippen molar-refractivity contribution in [3.63, 3.8) is 0 Å². The Morgan fingerprint density at radius 3 is 2.91 bits per heavy atom. The zero-order valence-corrected chi connectivity index (χ0v) is 12.9. The number of nitrogens with one attached hydrogen (secondary N) is 2. The van der Waals surface area contributed by atoms with Gasteiger partial charge in [0.15, 0.2) is 11.6 Å². The summed E-state index contributed by atoms with van der Waals surface area (Å²) in [5.41, 5.74) is 0. The van der Waals surface area contributed by atoms with Crippen molar-refractivity contribution in [3.05, 3.63) is 11.6 Å². The van der Waals surface area contributed by atoms with Gasteiger partial charge in [-0.05, 0) is 25.7 Å². The van der Waals surface area contributed by atoms with Gasteiger partial charge in [-0.15, -0.1) is 10.2 Å². The molecule has 2 heterocycles. The van der Waals surface area contributed by atoms with E-state index in [1.807, 2.05) is 0 Å². The predicted molar refractivity (Wildman–Crippen MR) is 79.3 cm³/mol. The van der Waals surface area contributed by atoms with Gasteiger partial charge in [0.2, 0.25) is 0 Å². The Morgan fingerprint density at radius 2 is 2.17 bits per heavy atom. The van der Waals surface area contributed by atoms with Gasteiger partial charge in [-0.3, -0.25) is 0 Å². The van der Waals surface area contributed by atoms with Crippen LogP contribution in [0.3, 0.4) is 0 Å². The molecule has 0 aromatic carbocycles. The van der Waals surface area contributed by atoms with Crippen molar-refractivity contribution >= 4 is 6.03 Å². The molecular formula is C14H23N5O4. The van der Waals surface area contributed by atoms with Crippen LogP contribution in [-0.4, -0.2) is 63.2 Å². The second kappa shape index (κ2) is 7.14. The van der Waals surface area contributed by atoms with Crippen molar-refractivity contribution in [2.24, 2.45) is 0 Å². The number of rotatable bonds is 6. The molecule has 0 radical (unpaired) electrons. The largest absolute Gasteiger partial charge is 0.425 e. The lowest BCUT2D eigenvalue weighted by Gasteiger charge is -2.28. The molecule has 9 heteroatoms. The highest BCUT2D eigenvalue weighted by Gasteiger charge is 2.30. The molecule has 2 aliphatic rings. The van der Waals surface area contributed by atoms with E-state index in [0.29, 0.717) is 50.0 Å². The number of carbonyl (C=O) groups is 1. The molecule has 2 unspecified atom stereocenters. The number of aliphatic hydroxyl groups is 1. The zero-order chi connectivity index (χ0) is 16.2. The SMILES string of the molecule is O=C(NCCCc1nnc(C2CC2)n1O)NC1CCOCC1O. The van der Waals surface area contributed by atoms with Crippen molar-refractivity contribution < 1.29 is 19.8 Å². The van der Waals surface area contributed by atoms with E-state index < -0.39 is 6.10 Å². The van der Waals surface area contributed by atoms with Crippen molar-refractivity contribution in [3.8, 4) is 0 Å². The second-order valence-electron chi connectivity index (χ2n) is 6.10. The van der Waals surface area contributed by atoms with Crippen molar-refractivity contribution in [2.75, 3.05) is 19.8 Å². The summed E-state index contributed by atoms with van der Waals surface area (Å²) < 4.78 is 6.19. The molecule has 3 rings (SSSR count). The van der Waals surface area contributed by atoms with Crippen LogP contribution >= 0.6 is 0 Å². The van der Waals surface area contributed by atoms with E-state index in [9.17, 15) is 15.1 Å². The third kappa shape index (κ3) is 4.11. The van der Waals surface area contributed by atoms with Crippen LogP contribution in [0.5, 0.6) is 0 Å². The first-order chi connectivity index (χ1) is 11.1. The number of hydrogen-bond donors (Lipinski definition) is 4. The van der Waals surface area contributed by atoms with E-state index in [1.54, 1.807) is 0 Å². The van der Waals surface area contributed by atoms with Crippen molar-refractivity contribution in [2.45, 2.75) is 50.2 Å². The van der Waals surface area contributed by atoms with E-state index >= 15 is 0 Å². The van der Waals surface area contributed by atoms with Gasteiger partial charge in [0.1, 0.15) is 0 Å². The number of ether oxygens (including phenoxy) is 1. The Hall–Kier alpha value is -1.87. The normalized spacial score (nSPS) is 24.4. The molecule has 1 saturated heterocycles. The minimum absolute atomic E-state index is 0.250. The van der Waals surface area contributed by atoms with Gasteiger partial charge in [-0.2, -0.15) is 4.73 Å². The fourth-order valence-corrected chi connectivity index (χ4v) is 2.64. The summed E-state index contributed by atoms with van der Waals surface area (Å²) in [5.74, 6) is 1.50. The standard InChI is InChI=1S/C14H23N5O4/c20-11-8-23-7-5-10(11)16-14(21)15-6-1-2-12-17-18-13(19(12)22)9-3-4-9/h9-11,20,22H,1-8H2,(H2,15,16,21). The molecule has 2 fully saturated rings. The number of nitrogens with zero attached hydrogens (tertiary/aromatic N) is 3. The first-order valence-corrected chi connectivity index (χ1v) is 8.08. The summed E-state index contributed by atoms with van der Waals surface area (Å²) in [4.78, 5) is 11.8. The number of hydrogen-bond acceptors (Lipinski definition) is 6. The third-order valence-electron chi connectivity index (χ3n) is 4.18. The van der Waals surface area contributed by atoms with Crippen LogP contribution in [0.2, 0.25) is 0 Å². The molecule has 1 aliphatic carbocycles. The number of carbonyl (C=O) groups excluding carboxylic acids is 1. The monoisotopic (exact) mass is 325 g/mol. The lowest BCUT2D eigenvalue weighted by molar-refractivity contribution is -0.0247. The fourth-order valence-electron chi connectivity index (χ4n) is 2.64. The Morgan fingerprint density at radius 1 is 1.35 bits per heavy atom. The van der Waals surface area contributed by atoms with E-state index in [0.717, 1.165) is 17.6 Å². The Balaban J connectivity index is 1.35. The highest BCUT2D eigenvalue weighted by molar-refractivity contribution is 5.74. The van der Waals surface area contributed by atoms with Gasteiger partial charge in [-0.1, -0.05) is 0 Å². The molecule has 1 aromatic rings. The number of aliphatic hydroxyl groups excluding tert-OH is 1. The summed E-state index contributed by atoms with van der Waals surface area (Å²) in [7, 11) is 0. The average molecular weight is 325 g/mol. The minimum atomic E-state index is -0.664. The number of urea groups is 1. The maximum Gasteiger partial charge on any atom is 0.315 e. The zero-order valence-electron chi connectivity index (χ0n) is 12.9. The van der Waals surface area contributed by atoms with Crippen LogP contribution in [-0.2, 0) is 11.2 Å². The lowest BCUT2D eigenvalue weighted by atomic mass is 10.1. The van der Waals surface area contributed by atoms with Crippen LogP contribution in [0.25, 0.3) is 0 Å². The van der Waals surface area contributed by atoms with E-state index in [2.05, 4.69) is 20.8 Å². The Kier molecular flexibility index (Phi) is 4.97. The molecule has 4 N–H and O–H groups in total. The molecule has 9 nitrogen and oxygen atoms in total. The van der Waals surface area contributed by atoms with Crippen molar-refractivity contribution in [1.29, 1.82) is 0 Å². The van der Waals surface area contributed by atoms with Gasteiger partial charge in [-0.25, -0.2) is 4.79 Å². The molecule has 0 bridgehead atoms. The van der Waals surface area contributed by atoms with E-state index in [1.165, 1.54) is 0 Å². The van der Waals surface area contributed by atoms with Crippen molar-refractivity contribution in [1.82, 2.24) is 25.6 Å². The van der Waals surface area contributed by atoms with Gasteiger partial charge in [0, 0.05) is 25.5 Å². The molecule has 1 aliphatic heterocycles. The smallest absolute Gasteiger partial charge is 0.315 e. The Bertz CT molecular complexity index is 545. The quantitative estimate of drug-likeness (QED) is 0.423. The molecule has 0 spiro atoms. The molecule has 2 amide bonds. The van der Waals surface area contributed by atoms with Gasteiger partial charge >= 0.3 is 6.03 Å². The number of aromatic nitrogens is 3. The summed E-state index contributed by atoms with van der Waals surface area (Å²) >= 11 is 0. The maximum atomic E-state index is 11.8. The summed E-state index contributed by atoms with van der Waals surface area (Å²) in [6.07, 6.45) is 3.23.